The molecule has 1 unspecified atom stereocenters. The van der Waals surface area contributed by atoms with E-state index in [0.717, 1.165) is 56.5 Å². The lowest BCUT2D eigenvalue weighted by Crippen LogP contribution is -2.59. The molecular weight excluding hydrogens is 831 g/mol. The molecule has 2 aromatic carbocycles. The number of piperidine rings is 1. The highest BCUT2D eigenvalue weighted by molar-refractivity contribution is 5.95. The number of piperazine rings is 1. The molecule has 2 atom stereocenters. The third-order valence-electron chi connectivity index (χ3n) is 15.4. The lowest BCUT2D eigenvalue weighted by molar-refractivity contribution is -0.150. The zero-order valence-electron chi connectivity index (χ0n) is 38.8. The van der Waals surface area contributed by atoms with E-state index in [4.69, 9.17) is 10.5 Å². The summed E-state index contributed by atoms with van der Waals surface area (Å²) >= 11 is 0. The highest BCUT2D eigenvalue weighted by Crippen LogP contribution is 2.46. The molecule has 2 saturated carbocycles. The number of nitrogens with zero attached hydrogens (tertiary/aromatic N) is 8. The minimum absolute atomic E-state index is 0.0387. The molecule has 0 spiro atoms. The summed E-state index contributed by atoms with van der Waals surface area (Å²) in [4.78, 5) is 35.6. The minimum Gasteiger partial charge on any atom is -0.507 e. The quantitative estimate of drug-likeness (QED) is 0.155. The highest BCUT2D eigenvalue weighted by atomic mass is 16.5. The number of phenolic OH excluding ortho intramolecular Hbond substituents is 1. The Morgan fingerprint density at radius 3 is 2.17 bits per heavy atom. The van der Waals surface area contributed by atoms with Crippen LogP contribution in [0.25, 0.3) is 16.9 Å². The first-order valence-corrected chi connectivity index (χ1v) is 25.3. The summed E-state index contributed by atoms with van der Waals surface area (Å²) in [5.74, 6) is 2.13. The molecule has 5 aliphatic rings. The van der Waals surface area contributed by atoms with Crippen molar-refractivity contribution in [1.29, 1.82) is 0 Å². The van der Waals surface area contributed by atoms with Gasteiger partial charge in [0, 0.05) is 37.7 Å². The molecule has 2 amide bonds. The number of carbonyl (C=O) groups excluding carboxylic acids is 2. The maximum atomic E-state index is 13.7. The summed E-state index contributed by atoms with van der Waals surface area (Å²) in [6.07, 6.45) is 25.8. The largest absolute Gasteiger partial charge is 0.507 e. The molecule has 4 aromatic rings. The van der Waals surface area contributed by atoms with E-state index in [2.05, 4.69) is 43.3 Å². The second-order valence-electron chi connectivity index (χ2n) is 19.7. The van der Waals surface area contributed by atoms with Gasteiger partial charge in [-0.2, -0.15) is 5.10 Å². The normalized spacial score (nSPS) is 24.9. The molecule has 2 aromatic heterocycles. The van der Waals surface area contributed by atoms with Gasteiger partial charge in [-0.25, -0.2) is 4.68 Å². The number of aliphatic hydroxyl groups excluding tert-OH is 1. The van der Waals surface area contributed by atoms with Gasteiger partial charge in [-0.1, -0.05) is 101 Å². The topological polar surface area (TPSA) is 166 Å². The van der Waals surface area contributed by atoms with Gasteiger partial charge < -0.3 is 35.4 Å². The number of benzene rings is 2. The fraction of sp³-hybridized carbons (Fsp3) is 0.596. The van der Waals surface area contributed by atoms with Crippen molar-refractivity contribution >= 4 is 29.0 Å². The Bertz CT molecular complexity index is 2240. The Hall–Kier alpha value is -5.21. The van der Waals surface area contributed by atoms with E-state index in [1.807, 2.05) is 11.0 Å². The van der Waals surface area contributed by atoms with Crippen molar-refractivity contribution in [3.05, 3.63) is 66.5 Å². The van der Waals surface area contributed by atoms with Crippen molar-refractivity contribution in [3.63, 3.8) is 0 Å². The van der Waals surface area contributed by atoms with Gasteiger partial charge in [0.1, 0.15) is 30.0 Å². The van der Waals surface area contributed by atoms with Gasteiger partial charge in [-0.05, 0) is 86.6 Å². The third-order valence-corrected chi connectivity index (χ3v) is 15.4. The van der Waals surface area contributed by atoms with E-state index in [9.17, 15) is 19.8 Å². The first-order valence-electron chi connectivity index (χ1n) is 25.3. The summed E-state index contributed by atoms with van der Waals surface area (Å²) in [5, 5.41) is 35.3. The summed E-state index contributed by atoms with van der Waals surface area (Å²) < 4.78 is 8.11. The van der Waals surface area contributed by atoms with Crippen LogP contribution in [0.2, 0.25) is 0 Å². The number of fused-ring (bicyclic) bond motifs is 1. The molecule has 14 nitrogen and oxygen atoms in total. The Balaban J connectivity index is 0.803. The van der Waals surface area contributed by atoms with E-state index in [-0.39, 0.29) is 29.4 Å². The Labute approximate surface area is 390 Å². The SMILES string of the molecule is Nc1nnc(-c2ccccc2O)cc1-n1cc(N2CCN(C3CCC(c4cccc5c4OCCN5[C@H]4CCC(=O)N(CC5CCCCCCCCCCCCCC5)C4O)CC3)CC2=O)cn1. The van der Waals surface area contributed by atoms with E-state index >= 15 is 0 Å². The number of rotatable bonds is 8. The van der Waals surface area contributed by atoms with Gasteiger partial charge in [0.05, 0.1) is 48.6 Å². The van der Waals surface area contributed by atoms with Crippen LogP contribution in [-0.4, -0.2) is 109 Å². The van der Waals surface area contributed by atoms with Gasteiger partial charge in [0.25, 0.3) is 0 Å². The number of aliphatic hydroxyl groups is 1. The van der Waals surface area contributed by atoms with Crippen LogP contribution in [-0.2, 0) is 9.59 Å². The standard InChI is InChI=1S/C52H71N9O5/c53-51-46(32-43(55-56-51)42-18-13-14-21-47(42)62)61-35-40(33-54-61)58-29-28-57(36-49(58)64)39-24-22-38(23-25-39)41-19-15-20-44-50(41)66-31-30-59(44)45-26-27-48(63)60(52(45)65)34-37-16-11-9-7-5-3-1-2-4-6-8-10-12-17-37/h13-15,18-21,32-33,35,37-39,45,52,62,65H,1-12,16-17,22-31,34,36H2,(H2,53,56)/t38?,39?,45-,52?/m0/s1. The van der Waals surface area contributed by atoms with Gasteiger partial charge in [0.2, 0.25) is 11.8 Å². The molecule has 354 valence electrons. The van der Waals surface area contributed by atoms with Crippen LogP contribution in [0.15, 0.2) is 60.9 Å². The maximum Gasteiger partial charge on any atom is 0.241 e. The number of aromatic hydroxyl groups is 1. The van der Waals surface area contributed by atoms with Crippen LogP contribution in [0.3, 0.4) is 0 Å². The van der Waals surface area contributed by atoms with Crippen LogP contribution in [0.5, 0.6) is 11.5 Å². The van der Waals surface area contributed by atoms with Crippen LogP contribution < -0.4 is 20.3 Å². The number of likely N-dealkylation sites (tertiary alicyclic amines) is 1. The number of para-hydroxylation sites is 2. The second-order valence-corrected chi connectivity index (χ2v) is 19.7. The van der Waals surface area contributed by atoms with Gasteiger partial charge >= 0.3 is 0 Å². The molecule has 3 aliphatic heterocycles. The zero-order chi connectivity index (χ0) is 45.4. The van der Waals surface area contributed by atoms with E-state index in [1.165, 1.54) is 82.6 Å². The van der Waals surface area contributed by atoms with E-state index < -0.39 is 6.23 Å². The van der Waals surface area contributed by atoms with Crippen molar-refractivity contribution in [1.82, 2.24) is 29.8 Å². The smallest absolute Gasteiger partial charge is 0.241 e. The van der Waals surface area contributed by atoms with Gasteiger partial charge in [0.15, 0.2) is 5.82 Å². The van der Waals surface area contributed by atoms with E-state index in [0.29, 0.717) is 86.1 Å². The zero-order valence-corrected chi connectivity index (χ0v) is 38.8. The number of ether oxygens (including phenoxy) is 1. The van der Waals surface area contributed by atoms with Crippen LogP contribution in [0, 0.1) is 5.92 Å². The van der Waals surface area contributed by atoms with Gasteiger partial charge in [-0.15, -0.1) is 10.2 Å². The number of amides is 2. The number of hydrogen-bond donors (Lipinski definition) is 3. The third kappa shape index (κ3) is 10.5. The van der Waals surface area contributed by atoms with Crippen molar-refractivity contribution in [2.45, 2.75) is 153 Å². The van der Waals surface area contributed by atoms with Crippen molar-refractivity contribution < 1.29 is 24.5 Å². The first kappa shape index (κ1) is 45.9. The molecule has 4 fully saturated rings. The Kier molecular flexibility index (Phi) is 15.0. The number of nitrogens with two attached hydrogens (primary N) is 1. The summed E-state index contributed by atoms with van der Waals surface area (Å²) in [7, 11) is 0. The van der Waals surface area contributed by atoms with Crippen LogP contribution >= 0.6 is 0 Å². The molecule has 5 heterocycles. The lowest BCUT2D eigenvalue weighted by Gasteiger charge is -2.47. The predicted octanol–water partition coefficient (Wildman–Crippen LogP) is 8.59. The molecule has 0 bridgehead atoms. The first-order chi connectivity index (χ1) is 32.3. The molecule has 66 heavy (non-hydrogen) atoms. The molecule has 2 aliphatic carbocycles. The summed E-state index contributed by atoms with van der Waals surface area (Å²) in [6, 6.07) is 15.3. The Morgan fingerprint density at radius 2 is 1.45 bits per heavy atom. The van der Waals surface area contributed by atoms with Crippen molar-refractivity contribution in [3.8, 4) is 28.4 Å². The average Bonchev–Trinajstić information content (AvgIpc) is 3.82. The number of nitrogen functional groups attached to an aromatic ring is 1. The fourth-order valence-electron chi connectivity index (χ4n) is 11.7. The monoisotopic (exact) mass is 902 g/mol. The average molecular weight is 902 g/mol. The molecule has 4 N–H and O–H groups in total. The number of anilines is 3. The number of aromatic nitrogens is 4. The minimum atomic E-state index is -0.839. The molecule has 9 rings (SSSR count). The van der Waals surface area contributed by atoms with Gasteiger partial charge in [-0.3, -0.25) is 14.5 Å². The second kappa shape index (κ2) is 21.6. The molecule has 14 heteroatoms. The molecule has 0 radical (unpaired) electrons. The highest BCUT2D eigenvalue weighted by Gasteiger charge is 2.41. The number of hydrogen-bond acceptors (Lipinski definition) is 11. The lowest BCUT2D eigenvalue weighted by atomic mass is 9.80. The van der Waals surface area contributed by atoms with Crippen LogP contribution in [0.4, 0.5) is 17.2 Å². The molecular formula is C52H71N9O5. The molecule has 2 saturated heterocycles. The van der Waals surface area contributed by atoms with Crippen molar-refractivity contribution in [2.24, 2.45) is 5.92 Å². The Morgan fingerprint density at radius 1 is 0.742 bits per heavy atom. The predicted molar refractivity (Wildman–Crippen MR) is 258 cm³/mol. The number of carbonyl (C=O) groups is 2. The number of phenols is 1. The summed E-state index contributed by atoms with van der Waals surface area (Å²) in [5.41, 5.74) is 10.7. The summed E-state index contributed by atoms with van der Waals surface area (Å²) in [6.45, 7) is 3.57. The fourth-order valence-corrected chi connectivity index (χ4v) is 11.7. The van der Waals surface area contributed by atoms with E-state index in [1.54, 1.807) is 46.2 Å². The maximum absolute atomic E-state index is 13.7. The van der Waals surface area contributed by atoms with Crippen LogP contribution in [0.1, 0.15) is 140 Å². The van der Waals surface area contributed by atoms with Crippen molar-refractivity contribution in [2.75, 3.05) is 54.9 Å².